The lowest BCUT2D eigenvalue weighted by Crippen LogP contribution is -2.02. The van der Waals surface area contributed by atoms with Crippen molar-refractivity contribution in [1.82, 2.24) is 4.98 Å². The maximum atomic E-state index is 12.9. The third kappa shape index (κ3) is 2.86. The Morgan fingerprint density at radius 2 is 2.17 bits per heavy atom. The summed E-state index contributed by atoms with van der Waals surface area (Å²) < 4.78 is 25.0. The summed E-state index contributed by atoms with van der Waals surface area (Å²) in [6.45, 7) is 0. The van der Waals surface area contributed by atoms with Crippen LogP contribution in [0.4, 0.5) is 10.1 Å². The highest BCUT2D eigenvalue weighted by Gasteiger charge is 2.11. The molecule has 0 aliphatic heterocycles. The number of rotatable bonds is 3. The first kappa shape index (κ1) is 13.0. The lowest BCUT2D eigenvalue weighted by molar-refractivity contribution is 0.627. The molecule has 0 aliphatic carbocycles. The molecular formula is C12H10ClFN2OS. The molecule has 0 saturated heterocycles. The van der Waals surface area contributed by atoms with E-state index < -0.39 is 16.6 Å². The number of pyridine rings is 1. The molecule has 6 heteroatoms. The number of hydrogen-bond donors (Lipinski definition) is 1. The second kappa shape index (κ2) is 5.46. The maximum absolute atomic E-state index is 12.9. The second-order valence-corrected chi connectivity index (χ2v) is 5.47. The van der Waals surface area contributed by atoms with Crippen LogP contribution in [0.3, 0.4) is 0 Å². The van der Waals surface area contributed by atoms with Gasteiger partial charge < -0.3 is 5.73 Å². The first-order valence-corrected chi connectivity index (χ1v) is 6.79. The Morgan fingerprint density at radius 1 is 1.39 bits per heavy atom. The predicted octanol–water partition coefficient (Wildman–Crippen LogP) is 2.76. The summed E-state index contributed by atoms with van der Waals surface area (Å²) >= 11 is 5.93. The zero-order valence-electron chi connectivity index (χ0n) is 9.27. The van der Waals surface area contributed by atoms with Crippen LogP contribution in [0.1, 0.15) is 5.56 Å². The van der Waals surface area contributed by atoms with Gasteiger partial charge in [0.1, 0.15) is 5.82 Å². The summed E-state index contributed by atoms with van der Waals surface area (Å²) in [5.41, 5.74) is 6.53. The van der Waals surface area contributed by atoms with Crippen LogP contribution in [-0.4, -0.2) is 9.19 Å². The van der Waals surface area contributed by atoms with E-state index >= 15 is 0 Å². The molecule has 2 aromatic rings. The summed E-state index contributed by atoms with van der Waals surface area (Å²) in [6.07, 6.45) is 3.06. The molecule has 0 fully saturated rings. The summed E-state index contributed by atoms with van der Waals surface area (Å²) in [7, 11) is -1.37. The van der Waals surface area contributed by atoms with Gasteiger partial charge in [-0.05, 0) is 29.8 Å². The Labute approximate surface area is 111 Å². The molecule has 0 saturated carbocycles. The minimum Gasteiger partial charge on any atom is -0.398 e. The number of hydrogen-bond acceptors (Lipinski definition) is 3. The Morgan fingerprint density at radius 3 is 2.83 bits per heavy atom. The Kier molecular flexibility index (Phi) is 3.93. The lowest BCUT2D eigenvalue weighted by atomic mass is 10.3. The molecule has 1 unspecified atom stereocenters. The van der Waals surface area contributed by atoms with E-state index in [0.29, 0.717) is 15.5 Å². The van der Waals surface area contributed by atoms with Gasteiger partial charge in [-0.1, -0.05) is 11.6 Å². The maximum Gasteiger partial charge on any atom is 0.125 e. The molecular weight excluding hydrogens is 275 g/mol. The number of nitrogen functional groups attached to an aromatic ring is 1. The molecule has 1 heterocycles. The van der Waals surface area contributed by atoms with Gasteiger partial charge >= 0.3 is 0 Å². The van der Waals surface area contributed by atoms with Crippen LogP contribution >= 0.6 is 11.6 Å². The fourth-order valence-electron chi connectivity index (χ4n) is 1.47. The van der Waals surface area contributed by atoms with Crippen molar-refractivity contribution in [3.05, 3.63) is 53.1 Å². The fourth-order valence-corrected chi connectivity index (χ4v) is 2.96. The molecule has 1 atom stereocenters. The smallest absolute Gasteiger partial charge is 0.125 e. The van der Waals surface area contributed by atoms with Crippen molar-refractivity contribution in [2.45, 2.75) is 10.6 Å². The number of halogens is 2. The van der Waals surface area contributed by atoms with Gasteiger partial charge in [0.25, 0.3) is 0 Å². The molecule has 1 aromatic heterocycles. The zero-order valence-corrected chi connectivity index (χ0v) is 10.8. The summed E-state index contributed by atoms with van der Waals surface area (Å²) in [5.74, 6) is -0.229. The SMILES string of the molecule is Nc1cc(F)ccc1S(=O)Cc1ccncc1Cl. The van der Waals surface area contributed by atoms with Crippen molar-refractivity contribution in [3.8, 4) is 0 Å². The Hall–Kier alpha value is -1.46. The van der Waals surface area contributed by atoms with Crippen molar-refractivity contribution in [2.24, 2.45) is 0 Å². The standard InChI is InChI=1S/C12H10ClFN2OS/c13-10-6-16-4-3-8(10)7-18(17)12-2-1-9(14)5-11(12)15/h1-6H,7,15H2. The van der Waals surface area contributed by atoms with Gasteiger partial charge in [0, 0.05) is 12.4 Å². The van der Waals surface area contributed by atoms with E-state index in [2.05, 4.69) is 4.98 Å². The van der Waals surface area contributed by atoms with Gasteiger partial charge in [0.05, 0.1) is 32.2 Å². The molecule has 3 nitrogen and oxygen atoms in total. The van der Waals surface area contributed by atoms with Gasteiger partial charge in [-0.3, -0.25) is 9.19 Å². The second-order valence-electron chi connectivity index (χ2n) is 3.64. The predicted molar refractivity (Wildman–Crippen MR) is 70.2 cm³/mol. The normalized spacial score (nSPS) is 12.3. The third-order valence-electron chi connectivity index (χ3n) is 2.36. The molecule has 94 valence electrons. The van der Waals surface area contributed by atoms with E-state index in [9.17, 15) is 8.60 Å². The summed E-state index contributed by atoms with van der Waals surface area (Å²) in [4.78, 5) is 4.26. The minimum absolute atomic E-state index is 0.179. The zero-order chi connectivity index (χ0) is 13.1. The van der Waals surface area contributed by atoms with E-state index in [-0.39, 0.29) is 11.4 Å². The van der Waals surface area contributed by atoms with E-state index in [0.717, 1.165) is 6.07 Å². The van der Waals surface area contributed by atoms with Crippen molar-refractivity contribution >= 4 is 28.1 Å². The molecule has 0 radical (unpaired) electrons. The number of nitrogens with two attached hydrogens (primary N) is 1. The largest absolute Gasteiger partial charge is 0.398 e. The minimum atomic E-state index is -1.37. The van der Waals surface area contributed by atoms with Crippen molar-refractivity contribution < 1.29 is 8.60 Å². The number of aromatic nitrogens is 1. The van der Waals surface area contributed by atoms with Crippen LogP contribution in [0.5, 0.6) is 0 Å². The van der Waals surface area contributed by atoms with Crippen LogP contribution in [0.15, 0.2) is 41.6 Å². The average molecular weight is 285 g/mol. The topological polar surface area (TPSA) is 56.0 Å². The third-order valence-corrected chi connectivity index (χ3v) is 4.14. The Balaban J connectivity index is 2.25. The number of benzene rings is 1. The molecule has 18 heavy (non-hydrogen) atoms. The van der Waals surface area contributed by atoms with E-state index in [1.54, 1.807) is 12.3 Å². The highest BCUT2D eigenvalue weighted by Crippen LogP contribution is 2.22. The molecule has 0 bridgehead atoms. The first-order chi connectivity index (χ1) is 8.58. The molecule has 2 N–H and O–H groups in total. The highest BCUT2D eigenvalue weighted by molar-refractivity contribution is 7.84. The lowest BCUT2D eigenvalue weighted by Gasteiger charge is -2.07. The van der Waals surface area contributed by atoms with Crippen molar-refractivity contribution in [1.29, 1.82) is 0 Å². The molecule has 1 aromatic carbocycles. The van der Waals surface area contributed by atoms with Gasteiger partial charge in [-0.2, -0.15) is 0 Å². The van der Waals surface area contributed by atoms with Gasteiger partial charge in [0.2, 0.25) is 0 Å². The highest BCUT2D eigenvalue weighted by atomic mass is 35.5. The van der Waals surface area contributed by atoms with Crippen LogP contribution < -0.4 is 5.73 Å². The molecule has 2 rings (SSSR count). The van der Waals surface area contributed by atoms with Gasteiger partial charge in [-0.25, -0.2) is 4.39 Å². The molecule has 0 spiro atoms. The van der Waals surface area contributed by atoms with Gasteiger partial charge in [-0.15, -0.1) is 0 Å². The monoisotopic (exact) mass is 284 g/mol. The first-order valence-electron chi connectivity index (χ1n) is 5.09. The summed E-state index contributed by atoms with van der Waals surface area (Å²) in [5, 5.41) is 0.450. The van der Waals surface area contributed by atoms with Gasteiger partial charge in [0.15, 0.2) is 0 Å². The quantitative estimate of drug-likeness (QED) is 0.882. The van der Waals surface area contributed by atoms with Crippen LogP contribution in [0.25, 0.3) is 0 Å². The van der Waals surface area contributed by atoms with E-state index in [1.165, 1.54) is 18.3 Å². The van der Waals surface area contributed by atoms with E-state index in [1.807, 2.05) is 0 Å². The Bertz CT molecular complexity index is 606. The van der Waals surface area contributed by atoms with Crippen LogP contribution in [0, 0.1) is 5.82 Å². The average Bonchev–Trinajstić information content (AvgIpc) is 2.32. The molecule has 0 aliphatic rings. The molecule has 0 amide bonds. The van der Waals surface area contributed by atoms with E-state index in [4.69, 9.17) is 17.3 Å². The van der Waals surface area contributed by atoms with Crippen LogP contribution in [-0.2, 0) is 16.6 Å². The van der Waals surface area contributed by atoms with Crippen molar-refractivity contribution in [3.63, 3.8) is 0 Å². The summed E-state index contributed by atoms with van der Waals surface area (Å²) in [6, 6.07) is 5.51. The fraction of sp³-hybridized carbons (Fsp3) is 0.0833. The number of anilines is 1. The van der Waals surface area contributed by atoms with Crippen LogP contribution in [0.2, 0.25) is 5.02 Å². The number of nitrogens with zero attached hydrogens (tertiary/aromatic N) is 1. The van der Waals surface area contributed by atoms with Crippen molar-refractivity contribution in [2.75, 3.05) is 5.73 Å².